The molecule has 2 heterocycles. The highest BCUT2D eigenvalue weighted by atomic mass is 16.3. The van der Waals surface area contributed by atoms with E-state index in [0.29, 0.717) is 0 Å². The molecule has 296 valence electrons. The Balaban J connectivity index is 0.906. The molecule has 0 fully saturated rings. The molecule has 63 heavy (non-hydrogen) atoms. The van der Waals surface area contributed by atoms with E-state index in [2.05, 4.69) is 240 Å². The zero-order valence-electron chi connectivity index (χ0n) is 34.4. The van der Waals surface area contributed by atoms with Crippen LogP contribution in [0.5, 0.6) is 0 Å². The Morgan fingerprint density at radius 1 is 0.302 bits per heavy atom. The molecule has 0 atom stereocenters. The number of aromatic nitrogens is 1. The molecule has 0 aliphatic rings. The standard InChI is InChI=1S/C60H40N2O/c1-2-14-41(15-3-1)43-32-36-47(37-33-43)61(49-17-12-16-46(40-49)51-22-13-23-55-54-21-7-11-27-59(54)63-60(51)55)48-38-34-44(35-39-48)42-28-30-45(31-29-42)50-18-4-8-24-56(50)62-57-25-9-5-19-52(57)53-20-6-10-26-58(53)62/h1-40H. The molecule has 0 spiro atoms. The summed E-state index contributed by atoms with van der Waals surface area (Å²) in [6.45, 7) is 0. The molecule has 0 saturated heterocycles. The van der Waals surface area contributed by atoms with E-state index in [4.69, 9.17) is 4.42 Å². The monoisotopic (exact) mass is 804 g/mol. The Kier molecular flexibility index (Phi) is 8.83. The lowest BCUT2D eigenvalue weighted by molar-refractivity contribution is 0.670. The molecule has 2 aromatic heterocycles. The van der Waals surface area contributed by atoms with E-state index in [0.717, 1.165) is 55.7 Å². The molecule has 0 radical (unpaired) electrons. The first-order valence-electron chi connectivity index (χ1n) is 21.5. The molecule has 0 amide bonds. The molecular formula is C60H40N2O. The molecule has 0 bridgehead atoms. The van der Waals surface area contributed by atoms with Crippen LogP contribution in [-0.4, -0.2) is 4.57 Å². The minimum absolute atomic E-state index is 0.898. The van der Waals surface area contributed by atoms with Gasteiger partial charge in [0.2, 0.25) is 0 Å². The van der Waals surface area contributed by atoms with E-state index in [1.165, 1.54) is 55.3 Å². The van der Waals surface area contributed by atoms with Crippen LogP contribution in [0, 0.1) is 0 Å². The van der Waals surface area contributed by atoms with Crippen molar-refractivity contribution in [1.82, 2.24) is 4.57 Å². The fraction of sp³-hybridized carbons (Fsp3) is 0. The van der Waals surface area contributed by atoms with Crippen molar-refractivity contribution in [3.05, 3.63) is 243 Å². The Labute approximate surface area is 366 Å². The average molecular weight is 805 g/mol. The Bertz CT molecular complexity index is 3550. The fourth-order valence-electron chi connectivity index (χ4n) is 9.41. The first-order chi connectivity index (χ1) is 31.2. The van der Waals surface area contributed by atoms with Crippen molar-refractivity contribution in [3.63, 3.8) is 0 Å². The van der Waals surface area contributed by atoms with Crippen LogP contribution >= 0.6 is 0 Å². The number of nitrogens with zero attached hydrogens (tertiary/aromatic N) is 2. The van der Waals surface area contributed by atoms with Crippen LogP contribution in [0.3, 0.4) is 0 Å². The van der Waals surface area contributed by atoms with Gasteiger partial charge in [-0.1, -0.05) is 182 Å². The largest absolute Gasteiger partial charge is 0.455 e. The molecule has 0 N–H and O–H groups in total. The third kappa shape index (κ3) is 6.38. The minimum Gasteiger partial charge on any atom is -0.455 e. The Morgan fingerprint density at radius 2 is 0.778 bits per heavy atom. The average Bonchev–Trinajstić information content (AvgIpc) is 3.91. The molecule has 10 aromatic carbocycles. The van der Waals surface area contributed by atoms with Crippen LogP contribution < -0.4 is 4.90 Å². The van der Waals surface area contributed by atoms with Gasteiger partial charge < -0.3 is 13.9 Å². The summed E-state index contributed by atoms with van der Waals surface area (Å²) >= 11 is 0. The molecule has 12 aromatic rings. The normalized spacial score (nSPS) is 11.5. The summed E-state index contributed by atoms with van der Waals surface area (Å²) in [4.78, 5) is 2.34. The van der Waals surface area contributed by atoms with Crippen molar-refractivity contribution in [1.29, 1.82) is 0 Å². The molecule has 3 heteroatoms. The van der Waals surface area contributed by atoms with Crippen LogP contribution in [0.15, 0.2) is 247 Å². The van der Waals surface area contributed by atoms with Crippen LogP contribution in [-0.2, 0) is 0 Å². The van der Waals surface area contributed by atoms with E-state index in [1.54, 1.807) is 0 Å². The third-order valence-electron chi connectivity index (χ3n) is 12.4. The first kappa shape index (κ1) is 36.5. The summed E-state index contributed by atoms with van der Waals surface area (Å²) in [6, 6.07) is 87.0. The number of anilines is 3. The Morgan fingerprint density at radius 3 is 1.46 bits per heavy atom. The predicted octanol–water partition coefficient (Wildman–Crippen LogP) is 16.8. The van der Waals surface area contributed by atoms with E-state index in [-0.39, 0.29) is 0 Å². The topological polar surface area (TPSA) is 21.3 Å². The van der Waals surface area contributed by atoms with Gasteiger partial charge in [0.05, 0.1) is 16.7 Å². The second-order valence-electron chi connectivity index (χ2n) is 16.1. The third-order valence-corrected chi connectivity index (χ3v) is 12.4. The van der Waals surface area contributed by atoms with Gasteiger partial charge in [-0.15, -0.1) is 0 Å². The van der Waals surface area contributed by atoms with Crippen LogP contribution in [0.4, 0.5) is 17.1 Å². The van der Waals surface area contributed by atoms with Crippen molar-refractivity contribution < 1.29 is 4.42 Å². The van der Waals surface area contributed by atoms with Crippen molar-refractivity contribution in [3.8, 4) is 50.2 Å². The number of fused-ring (bicyclic) bond motifs is 6. The zero-order valence-corrected chi connectivity index (χ0v) is 34.4. The number of para-hydroxylation sites is 5. The number of furan rings is 1. The summed E-state index contributed by atoms with van der Waals surface area (Å²) in [7, 11) is 0. The zero-order chi connectivity index (χ0) is 41.7. The van der Waals surface area contributed by atoms with Gasteiger partial charge in [0, 0.05) is 49.7 Å². The van der Waals surface area contributed by atoms with E-state index in [9.17, 15) is 0 Å². The summed E-state index contributed by atoms with van der Waals surface area (Å²) in [6.07, 6.45) is 0. The predicted molar refractivity (Wildman–Crippen MR) is 264 cm³/mol. The highest BCUT2D eigenvalue weighted by Crippen LogP contribution is 2.42. The lowest BCUT2D eigenvalue weighted by atomic mass is 9.98. The molecule has 0 aliphatic heterocycles. The molecule has 0 aliphatic carbocycles. The van der Waals surface area contributed by atoms with Gasteiger partial charge in [-0.05, 0) is 94.0 Å². The van der Waals surface area contributed by atoms with Gasteiger partial charge >= 0.3 is 0 Å². The molecule has 12 rings (SSSR count). The van der Waals surface area contributed by atoms with Crippen LogP contribution in [0.2, 0.25) is 0 Å². The second-order valence-corrected chi connectivity index (χ2v) is 16.1. The van der Waals surface area contributed by atoms with Crippen LogP contribution in [0.25, 0.3) is 93.9 Å². The number of benzene rings is 10. The maximum atomic E-state index is 6.49. The summed E-state index contributed by atoms with van der Waals surface area (Å²) in [5.74, 6) is 0. The Hall–Kier alpha value is -8.40. The smallest absolute Gasteiger partial charge is 0.143 e. The number of hydrogen-bond acceptors (Lipinski definition) is 2. The van der Waals surface area contributed by atoms with Gasteiger partial charge in [-0.2, -0.15) is 0 Å². The van der Waals surface area contributed by atoms with Crippen molar-refractivity contribution in [2.45, 2.75) is 0 Å². The van der Waals surface area contributed by atoms with Gasteiger partial charge in [0.1, 0.15) is 11.2 Å². The highest BCUT2D eigenvalue weighted by molar-refractivity contribution is 6.11. The number of hydrogen-bond donors (Lipinski definition) is 0. The maximum absolute atomic E-state index is 6.49. The second kappa shape index (κ2) is 15.3. The van der Waals surface area contributed by atoms with E-state index in [1.807, 2.05) is 12.1 Å². The molecule has 3 nitrogen and oxygen atoms in total. The molecule has 0 unspecified atom stereocenters. The quantitative estimate of drug-likeness (QED) is 0.153. The fourth-order valence-corrected chi connectivity index (χ4v) is 9.41. The van der Waals surface area contributed by atoms with Crippen LogP contribution in [0.1, 0.15) is 0 Å². The minimum atomic E-state index is 0.898. The summed E-state index contributed by atoms with van der Waals surface area (Å²) < 4.78 is 8.89. The molecular weight excluding hydrogens is 765 g/mol. The van der Waals surface area contributed by atoms with Gasteiger partial charge in [0.15, 0.2) is 0 Å². The van der Waals surface area contributed by atoms with Gasteiger partial charge in [-0.3, -0.25) is 0 Å². The van der Waals surface area contributed by atoms with Crippen molar-refractivity contribution in [2.75, 3.05) is 4.90 Å². The summed E-state index contributed by atoms with van der Waals surface area (Å²) in [5.41, 5.74) is 17.8. The summed E-state index contributed by atoms with van der Waals surface area (Å²) in [5, 5.41) is 4.78. The lowest BCUT2D eigenvalue weighted by Crippen LogP contribution is -2.10. The highest BCUT2D eigenvalue weighted by Gasteiger charge is 2.18. The van der Waals surface area contributed by atoms with Crippen molar-refractivity contribution in [2.24, 2.45) is 0 Å². The van der Waals surface area contributed by atoms with Gasteiger partial charge in [0.25, 0.3) is 0 Å². The molecule has 0 saturated carbocycles. The lowest BCUT2D eigenvalue weighted by Gasteiger charge is -2.26. The number of rotatable bonds is 8. The van der Waals surface area contributed by atoms with Gasteiger partial charge in [-0.25, -0.2) is 0 Å². The SMILES string of the molecule is c1ccc(-c2ccc(N(c3ccc(-c4ccc(-c5ccccc5-n5c6ccccc6c6ccccc65)cc4)cc3)c3cccc(-c4cccc5c4oc4ccccc45)c3)cc2)cc1. The van der Waals surface area contributed by atoms with E-state index >= 15 is 0 Å². The van der Waals surface area contributed by atoms with E-state index < -0.39 is 0 Å². The maximum Gasteiger partial charge on any atom is 0.143 e. The first-order valence-corrected chi connectivity index (χ1v) is 21.5. The van der Waals surface area contributed by atoms with Crippen molar-refractivity contribution >= 4 is 60.8 Å².